The quantitative estimate of drug-likeness (QED) is 0.433. The SMILES string of the molecule is Cc1cccc(NC(=O)c2cccnc2SCc2cc[n+]([O-])cc2)c1. The normalized spacial score (nSPS) is 10.4. The standard InChI is InChI=1S/C19H17N3O2S/c1-14-4-2-5-16(12-14)21-18(23)17-6-3-9-20-19(17)25-13-15-7-10-22(24)11-8-15/h2-12H,13H2,1H3,(H,21,23). The van der Waals surface area contributed by atoms with Gasteiger partial charge in [-0.1, -0.05) is 12.1 Å². The Morgan fingerprint density at radius 2 is 2.00 bits per heavy atom. The van der Waals surface area contributed by atoms with Crippen molar-refractivity contribution in [1.29, 1.82) is 0 Å². The Kier molecular flexibility index (Phi) is 5.30. The van der Waals surface area contributed by atoms with Crippen molar-refractivity contribution in [3.63, 3.8) is 0 Å². The Labute approximate surface area is 150 Å². The van der Waals surface area contributed by atoms with Crippen LogP contribution in [0.2, 0.25) is 0 Å². The lowest BCUT2D eigenvalue weighted by Gasteiger charge is -2.09. The van der Waals surface area contributed by atoms with Crippen molar-refractivity contribution < 1.29 is 9.52 Å². The van der Waals surface area contributed by atoms with Gasteiger partial charge in [0.05, 0.1) is 5.56 Å². The summed E-state index contributed by atoms with van der Waals surface area (Å²) in [7, 11) is 0. The molecule has 0 radical (unpaired) electrons. The number of aryl methyl sites for hydroxylation is 1. The van der Waals surface area contributed by atoms with Crippen LogP contribution in [0.1, 0.15) is 21.5 Å². The summed E-state index contributed by atoms with van der Waals surface area (Å²) in [4.78, 5) is 16.9. The fraction of sp³-hybridized carbons (Fsp3) is 0.105. The number of aromatic nitrogens is 2. The van der Waals surface area contributed by atoms with Crippen LogP contribution in [0.15, 0.2) is 72.1 Å². The van der Waals surface area contributed by atoms with E-state index in [0.29, 0.717) is 16.3 Å². The molecule has 0 aliphatic rings. The number of hydrogen-bond donors (Lipinski definition) is 1. The average Bonchev–Trinajstić information content (AvgIpc) is 2.61. The molecular weight excluding hydrogens is 334 g/mol. The van der Waals surface area contributed by atoms with Crippen LogP contribution in [0.4, 0.5) is 5.69 Å². The molecule has 126 valence electrons. The van der Waals surface area contributed by atoms with Crippen LogP contribution >= 0.6 is 11.8 Å². The summed E-state index contributed by atoms with van der Waals surface area (Å²) in [5, 5.41) is 14.6. The van der Waals surface area contributed by atoms with Gasteiger partial charge >= 0.3 is 0 Å². The smallest absolute Gasteiger partial charge is 0.258 e. The number of pyridine rings is 2. The van der Waals surface area contributed by atoms with Gasteiger partial charge in [-0.25, -0.2) is 4.98 Å². The summed E-state index contributed by atoms with van der Waals surface area (Å²) in [6, 6.07) is 14.7. The summed E-state index contributed by atoms with van der Waals surface area (Å²) in [6.45, 7) is 1.98. The summed E-state index contributed by atoms with van der Waals surface area (Å²) in [6.07, 6.45) is 4.59. The van der Waals surface area contributed by atoms with Crippen LogP contribution in [0, 0.1) is 12.1 Å². The number of rotatable bonds is 5. The second kappa shape index (κ2) is 7.81. The molecule has 5 nitrogen and oxygen atoms in total. The number of benzene rings is 1. The van der Waals surface area contributed by atoms with Gasteiger partial charge < -0.3 is 10.5 Å². The van der Waals surface area contributed by atoms with E-state index in [1.54, 1.807) is 30.5 Å². The molecule has 0 aliphatic heterocycles. The summed E-state index contributed by atoms with van der Waals surface area (Å²) < 4.78 is 0.746. The third-order valence-corrected chi connectivity index (χ3v) is 4.61. The predicted octanol–water partition coefficient (Wildman–Crippen LogP) is 3.57. The van der Waals surface area contributed by atoms with Crippen molar-refractivity contribution in [2.24, 2.45) is 0 Å². The van der Waals surface area contributed by atoms with E-state index in [1.807, 2.05) is 31.2 Å². The fourth-order valence-corrected chi connectivity index (χ4v) is 3.24. The van der Waals surface area contributed by atoms with Crippen molar-refractivity contribution in [3.05, 3.63) is 89.0 Å². The minimum absolute atomic E-state index is 0.188. The van der Waals surface area contributed by atoms with E-state index in [1.165, 1.54) is 24.2 Å². The molecule has 3 rings (SSSR count). The molecule has 6 heteroatoms. The Morgan fingerprint density at radius 1 is 1.20 bits per heavy atom. The van der Waals surface area contributed by atoms with Gasteiger partial charge in [-0.15, -0.1) is 11.8 Å². The van der Waals surface area contributed by atoms with Gasteiger partial charge in [0.2, 0.25) is 0 Å². The average molecular weight is 351 g/mol. The number of carbonyl (C=O) groups excluding carboxylic acids is 1. The Hall–Kier alpha value is -2.86. The molecule has 0 atom stereocenters. The van der Waals surface area contributed by atoms with E-state index in [2.05, 4.69) is 10.3 Å². The molecule has 25 heavy (non-hydrogen) atoms. The third kappa shape index (κ3) is 4.58. The molecule has 1 amide bonds. The van der Waals surface area contributed by atoms with Gasteiger partial charge in [-0.2, -0.15) is 4.73 Å². The van der Waals surface area contributed by atoms with Crippen molar-refractivity contribution >= 4 is 23.4 Å². The van der Waals surface area contributed by atoms with Gasteiger partial charge in [0, 0.05) is 29.8 Å². The summed E-state index contributed by atoms with van der Waals surface area (Å²) in [5.41, 5.74) is 3.36. The van der Waals surface area contributed by atoms with Crippen LogP contribution in [0.25, 0.3) is 0 Å². The molecule has 1 N–H and O–H groups in total. The zero-order valence-electron chi connectivity index (χ0n) is 13.7. The highest BCUT2D eigenvalue weighted by Gasteiger charge is 2.13. The molecule has 0 spiro atoms. The molecule has 0 saturated carbocycles. The second-order valence-electron chi connectivity index (χ2n) is 5.53. The summed E-state index contributed by atoms with van der Waals surface area (Å²) >= 11 is 1.46. The number of hydrogen-bond acceptors (Lipinski definition) is 4. The highest BCUT2D eigenvalue weighted by Crippen LogP contribution is 2.24. The summed E-state index contributed by atoms with van der Waals surface area (Å²) in [5.74, 6) is 0.439. The largest absolute Gasteiger partial charge is 0.619 e. The Morgan fingerprint density at radius 3 is 2.76 bits per heavy atom. The number of anilines is 1. The number of nitrogens with one attached hydrogen (secondary N) is 1. The number of thioether (sulfide) groups is 1. The first kappa shape index (κ1) is 17.0. The highest BCUT2D eigenvalue weighted by molar-refractivity contribution is 7.98. The maximum atomic E-state index is 12.6. The van der Waals surface area contributed by atoms with Gasteiger partial charge in [-0.3, -0.25) is 4.79 Å². The van der Waals surface area contributed by atoms with Crippen LogP contribution < -0.4 is 10.0 Å². The topological polar surface area (TPSA) is 68.9 Å². The number of nitrogens with zero attached hydrogens (tertiary/aromatic N) is 2. The van der Waals surface area contributed by atoms with Gasteiger partial charge in [0.1, 0.15) is 5.03 Å². The van der Waals surface area contributed by atoms with Gasteiger partial charge in [0.15, 0.2) is 12.4 Å². The van der Waals surface area contributed by atoms with E-state index in [0.717, 1.165) is 21.5 Å². The maximum absolute atomic E-state index is 12.6. The van der Waals surface area contributed by atoms with Crippen LogP contribution in [-0.4, -0.2) is 10.9 Å². The molecule has 0 fully saturated rings. The first-order valence-electron chi connectivity index (χ1n) is 7.75. The molecule has 2 heterocycles. The molecule has 0 unspecified atom stereocenters. The molecular formula is C19H17N3O2S. The molecule has 0 saturated heterocycles. The van der Waals surface area contributed by atoms with Crippen LogP contribution in [0.3, 0.4) is 0 Å². The molecule has 1 aromatic carbocycles. The van der Waals surface area contributed by atoms with Gasteiger partial charge in [0.25, 0.3) is 5.91 Å². The molecule has 2 aromatic heterocycles. The van der Waals surface area contributed by atoms with Crippen molar-refractivity contribution in [1.82, 2.24) is 4.98 Å². The Balaban J connectivity index is 1.73. The minimum atomic E-state index is -0.188. The zero-order valence-corrected chi connectivity index (χ0v) is 14.5. The zero-order chi connectivity index (χ0) is 17.6. The van der Waals surface area contributed by atoms with E-state index in [4.69, 9.17) is 0 Å². The second-order valence-corrected chi connectivity index (χ2v) is 6.50. The number of carbonyl (C=O) groups is 1. The van der Waals surface area contributed by atoms with Crippen molar-refractivity contribution in [2.45, 2.75) is 17.7 Å². The predicted molar refractivity (Wildman–Crippen MR) is 98.3 cm³/mol. The lowest BCUT2D eigenvalue weighted by atomic mass is 10.2. The Bertz CT molecular complexity index is 882. The lowest BCUT2D eigenvalue weighted by Crippen LogP contribution is -2.23. The first-order valence-corrected chi connectivity index (χ1v) is 8.74. The van der Waals surface area contributed by atoms with Crippen molar-refractivity contribution in [2.75, 3.05) is 5.32 Å². The minimum Gasteiger partial charge on any atom is -0.619 e. The highest BCUT2D eigenvalue weighted by atomic mass is 32.2. The van der Waals surface area contributed by atoms with E-state index >= 15 is 0 Å². The van der Waals surface area contributed by atoms with E-state index < -0.39 is 0 Å². The number of amides is 1. The maximum Gasteiger partial charge on any atom is 0.258 e. The fourth-order valence-electron chi connectivity index (χ4n) is 2.29. The third-order valence-electron chi connectivity index (χ3n) is 3.54. The molecule has 0 bridgehead atoms. The molecule has 3 aromatic rings. The van der Waals surface area contributed by atoms with Gasteiger partial charge in [-0.05, 0) is 42.3 Å². The molecule has 0 aliphatic carbocycles. The van der Waals surface area contributed by atoms with Crippen molar-refractivity contribution in [3.8, 4) is 0 Å². The van der Waals surface area contributed by atoms with Crippen LogP contribution in [-0.2, 0) is 5.75 Å². The van der Waals surface area contributed by atoms with Crippen LogP contribution in [0.5, 0.6) is 0 Å². The van der Waals surface area contributed by atoms with E-state index in [-0.39, 0.29) is 5.91 Å². The van der Waals surface area contributed by atoms with E-state index in [9.17, 15) is 10.0 Å². The lowest BCUT2D eigenvalue weighted by molar-refractivity contribution is -0.605. The first-order chi connectivity index (χ1) is 12.1. The monoisotopic (exact) mass is 351 g/mol.